The number of hydrogen-bond donors (Lipinski definition) is 3. The number of alkyl halides is 2. The first-order valence-corrected chi connectivity index (χ1v) is 16.4. The molecule has 13 nitrogen and oxygen atoms in total. The zero-order chi connectivity index (χ0) is 32.9. The lowest BCUT2D eigenvalue weighted by Crippen LogP contribution is -2.50. The van der Waals surface area contributed by atoms with Crippen LogP contribution in [0.5, 0.6) is 5.75 Å². The standard InChI is InChI=1S/C30H32F2N8O5S/c1-5-25(41)34-20-13-33-14-21(20)36-29(42)18-10-19-26(23(12-18)45-3)38(2)28(35-19)22-11-17-8-9-24(40(30(31)32)46(4,43)44)37-27(17)39(22)15-16-6-7-16/h1,8-12,16,20-21,30,33H,6-7,13-15H2,2-4H3,(H,34,41)(H,36,42)/t20-,21-/m1/s1. The average molecular weight is 655 g/mol. The highest BCUT2D eigenvalue weighted by Crippen LogP contribution is 2.38. The molecule has 2 fully saturated rings. The highest BCUT2D eigenvalue weighted by Gasteiger charge is 2.32. The number of amides is 2. The lowest BCUT2D eigenvalue weighted by atomic mass is 10.1. The van der Waals surface area contributed by atoms with Crippen LogP contribution in [0, 0.1) is 18.3 Å². The molecule has 1 saturated heterocycles. The predicted octanol–water partition coefficient (Wildman–Crippen LogP) is 1.82. The Kier molecular flexibility index (Phi) is 8.07. The van der Waals surface area contributed by atoms with Crippen molar-refractivity contribution in [2.24, 2.45) is 13.0 Å². The van der Waals surface area contributed by atoms with Crippen molar-refractivity contribution in [3.8, 4) is 29.6 Å². The van der Waals surface area contributed by atoms with E-state index in [0.29, 0.717) is 76.7 Å². The van der Waals surface area contributed by atoms with Gasteiger partial charge in [0.15, 0.2) is 5.82 Å². The van der Waals surface area contributed by atoms with Crippen LogP contribution in [0.2, 0.25) is 0 Å². The second-order valence-corrected chi connectivity index (χ2v) is 13.4. The molecule has 2 aliphatic rings. The summed E-state index contributed by atoms with van der Waals surface area (Å²) in [7, 11) is -1.01. The molecular weight excluding hydrogens is 622 g/mol. The molecule has 242 valence electrons. The molecule has 0 radical (unpaired) electrons. The van der Waals surface area contributed by atoms with E-state index in [1.54, 1.807) is 25.2 Å². The fraction of sp³-hybridized carbons (Fsp3) is 0.400. The number of benzene rings is 1. The molecule has 1 saturated carbocycles. The summed E-state index contributed by atoms with van der Waals surface area (Å²) in [4.78, 5) is 34.4. The number of carbonyl (C=O) groups excluding carboxylic acids is 2. The zero-order valence-corrected chi connectivity index (χ0v) is 26.1. The van der Waals surface area contributed by atoms with E-state index in [9.17, 15) is 26.8 Å². The smallest absolute Gasteiger partial charge is 0.329 e. The van der Waals surface area contributed by atoms with Crippen molar-refractivity contribution in [2.75, 3.05) is 30.8 Å². The molecule has 1 aliphatic heterocycles. The molecule has 16 heteroatoms. The van der Waals surface area contributed by atoms with E-state index >= 15 is 0 Å². The number of hydrogen-bond acceptors (Lipinski definition) is 8. The summed E-state index contributed by atoms with van der Waals surface area (Å²) in [6.07, 6.45) is 7.87. The van der Waals surface area contributed by atoms with E-state index in [4.69, 9.17) is 16.1 Å². The van der Waals surface area contributed by atoms with Crippen molar-refractivity contribution < 1.29 is 31.5 Å². The number of sulfonamides is 1. The average Bonchev–Trinajstić information content (AvgIpc) is 3.48. The number of aromatic nitrogens is 4. The molecule has 0 bridgehead atoms. The maximum atomic E-state index is 13.8. The van der Waals surface area contributed by atoms with Crippen LogP contribution in [-0.2, 0) is 28.4 Å². The Morgan fingerprint density at radius 1 is 1.17 bits per heavy atom. The Bertz CT molecular complexity index is 2010. The number of carbonyl (C=O) groups is 2. The molecule has 1 aliphatic carbocycles. The highest BCUT2D eigenvalue weighted by atomic mass is 32.2. The van der Waals surface area contributed by atoms with Crippen LogP contribution >= 0.6 is 0 Å². The van der Waals surface area contributed by atoms with Gasteiger partial charge in [-0.3, -0.25) is 9.59 Å². The number of terminal acetylenes is 1. The molecule has 2 atom stereocenters. The van der Waals surface area contributed by atoms with E-state index in [1.807, 2.05) is 21.1 Å². The molecule has 3 aromatic heterocycles. The summed E-state index contributed by atoms with van der Waals surface area (Å²) < 4.78 is 61.4. The minimum atomic E-state index is -4.30. The van der Waals surface area contributed by atoms with Gasteiger partial charge < -0.3 is 29.8 Å². The number of imidazole rings is 1. The third-order valence-corrected chi connectivity index (χ3v) is 9.31. The number of ether oxygens (including phenoxy) is 1. The first-order chi connectivity index (χ1) is 21.9. The van der Waals surface area contributed by atoms with Crippen LogP contribution < -0.4 is 25.0 Å². The maximum Gasteiger partial charge on any atom is 0.329 e. The van der Waals surface area contributed by atoms with Gasteiger partial charge in [-0.15, -0.1) is 6.42 Å². The van der Waals surface area contributed by atoms with Gasteiger partial charge in [-0.1, -0.05) is 0 Å². The molecule has 2 amide bonds. The SMILES string of the molecule is C#CC(=O)N[C@@H]1CNC[C@H]1NC(=O)c1cc(OC)c2c(c1)nc(-c1cc3ccc(N(C(F)F)S(C)(=O)=O)nc3n1CC1CC1)n2C. The number of nitrogens with zero attached hydrogens (tertiary/aromatic N) is 5. The van der Waals surface area contributed by atoms with Crippen LogP contribution in [0.1, 0.15) is 23.2 Å². The van der Waals surface area contributed by atoms with Gasteiger partial charge in [0, 0.05) is 37.6 Å². The largest absolute Gasteiger partial charge is 0.494 e. The monoisotopic (exact) mass is 654 g/mol. The number of pyridine rings is 1. The number of halogens is 2. The fourth-order valence-corrected chi connectivity index (χ4v) is 6.58. The van der Waals surface area contributed by atoms with E-state index in [-0.39, 0.29) is 16.2 Å². The van der Waals surface area contributed by atoms with E-state index in [0.717, 1.165) is 12.8 Å². The Morgan fingerprint density at radius 3 is 2.52 bits per heavy atom. The predicted molar refractivity (Wildman–Crippen MR) is 167 cm³/mol. The lowest BCUT2D eigenvalue weighted by Gasteiger charge is -2.20. The number of methoxy groups -OCH3 is 1. The molecule has 3 N–H and O–H groups in total. The van der Waals surface area contributed by atoms with Crippen LogP contribution in [0.3, 0.4) is 0 Å². The molecular formula is C30H32F2N8O5S. The number of aryl methyl sites for hydroxylation is 1. The first kappa shape index (κ1) is 31.2. The lowest BCUT2D eigenvalue weighted by molar-refractivity contribution is -0.116. The van der Waals surface area contributed by atoms with Crippen molar-refractivity contribution >= 4 is 49.7 Å². The fourth-order valence-electron chi connectivity index (χ4n) is 5.85. The van der Waals surface area contributed by atoms with Gasteiger partial charge >= 0.3 is 6.55 Å². The van der Waals surface area contributed by atoms with Gasteiger partial charge in [-0.05, 0) is 55.0 Å². The van der Waals surface area contributed by atoms with Crippen LogP contribution in [0.25, 0.3) is 33.6 Å². The number of nitrogens with one attached hydrogen (secondary N) is 3. The van der Waals surface area contributed by atoms with E-state index in [1.165, 1.54) is 13.2 Å². The van der Waals surface area contributed by atoms with Gasteiger partial charge in [0.05, 0.1) is 36.7 Å². The van der Waals surface area contributed by atoms with Crippen molar-refractivity contribution in [3.63, 3.8) is 0 Å². The second kappa shape index (κ2) is 11.9. The summed E-state index contributed by atoms with van der Waals surface area (Å²) in [6.45, 7) is -1.88. The second-order valence-electron chi connectivity index (χ2n) is 11.5. The van der Waals surface area contributed by atoms with E-state index < -0.39 is 34.4 Å². The Balaban J connectivity index is 1.41. The maximum absolute atomic E-state index is 13.8. The van der Waals surface area contributed by atoms with E-state index in [2.05, 4.69) is 20.9 Å². The number of rotatable bonds is 10. The van der Waals surface area contributed by atoms with Crippen LogP contribution in [0.4, 0.5) is 14.6 Å². The van der Waals surface area contributed by atoms with Gasteiger partial charge in [0.25, 0.3) is 11.8 Å². The van der Waals surface area contributed by atoms with Crippen molar-refractivity contribution in [1.29, 1.82) is 0 Å². The molecule has 0 unspecified atom stereocenters. The Morgan fingerprint density at radius 2 is 1.89 bits per heavy atom. The van der Waals surface area contributed by atoms with Crippen LogP contribution in [0.15, 0.2) is 30.3 Å². The molecule has 1 aromatic carbocycles. The van der Waals surface area contributed by atoms with Gasteiger partial charge in [-0.25, -0.2) is 18.4 Å². The third kappa shape index (κ3) is 5.83. The van der Waals surface area contributed by atoms with Crippen LogP contribution in [-0.4, -0.2) is 84.4 Å². The highest BCUT2D eigenvalue weighted by molar-refractivity contribution is 7.92. The number of anilines is 1. The number of fused-ring (bicyclic) bond motifs is 2. The minimum absolute atomic E-state index is 0.0000355. The van der Waals surface area contributed by atoms with Gasteiger partial charge in [0.1, 0.15) is 22.7 Å². The molecule has 46 heavy (non-hydrogen) atoms. The summed E-state index contributed by atoms with van der Waals surface area (Å²) in [5.41, 5.74) is 2.38. The van der Waals surface area contributed by atoms with Crippen molar-refractivity contribution in [1.82, 2.24) is 35.1 Å². The summed E-state index contributed by atoms with van der Waals surface area (Å²) in [5.74, 6) is 1.93. The summed E-state index contributed by atoms with van der Waals surface area (Å²) >= 11 is 0. The molecule has 4 heterocycles. The molecule has 4 aromatic rings. The molecule has 6 rings (SSSR count). The third-order valence-electron chi connectivity index (χ3n) is 8.25. The van der Waals surface area contributed by atoms with Crippen molar-refractivity contribution in [2.45, 2.75) is 38.0 Å². The minimum Gasteiger partial charge on any atom is -0.494 e. The normalized spacial score (nSPS) is 18.2. The first-order valence-electron chi connectivity index (χ1n) is 14.5. The summed E-state index contributed by atoms with van der Waals surface area (Å²) in [6, 6.07) is 7.13. The zero-order valence-electron chi connectivity index (χ0n) is 25.3. The van der Waals surface area contributed by atoms with Gasteiger partial charge in [-0.2, -0.15) is 13.1 Å². The summed E-state index contributed by atoms with van der Waals surface area (Å²) in [5, 5.41) is 9.40. The quantitative estimate of drug-likeness (QED) is 0.173. The van der Waals surface area contributed by atoms with Gasteiger partial charge in [0.2, 0.25) is 10.0 Å². The molecule has 0 spiro atoms. The van der Waals surface area contributed by atoms with Crippen molar-refractivity contribution in [3.05, 3.63) is 35.9 Å². The Hall–Kier alpha value is -4.75. The topological polar surface area (TPSA) is 152 Å². The Labute approximate surface area is 263 Å².